The van der Waals surface area contributed by atoms with Gasteiger partial charge in [0.25, 0.3) is 5.91 Å². The first-order chi connectivity index (χ1) is 19.1. The molecule has 0 radical (unpaired) electrons. The van der Waals surface area contributed by atoms with Gasteiger partial charge in [-0.3, -0.25) is 9.20 Å². The van der Waals surface area contributed by atoms with E-state index in [0.29, 0.717) is 17.9 Å². The minimum absolute atomic E-state index is 0.208. The quantitative estimate of drug-likeness (QED) is 0.265. The number of para-hydroxylation sites is 1. The minimum Gasteiger partial charge on any atom is -0.497 e. The molecule has 3 aromatic carbocycles. The maximum Gasteiger partial charge on any atom is 0.269 e. The molecule has 0 spiro atoms. The molecule has 0 aliphatic rings. The van der Waals surface area contributed by atoms with E-state index in [1.54, 1.807) is 21.6 Å². The fourth-order valence-electron chi connectivity index (χ4n) is 4.13. The number of imidazole rings is 1. The molecule has 6 rings (SSSR count). The van der Waals surface area contributed by atoms with Gasteiger partial charge in [-0.15, -0.1) is 16.4 Å². The van der Waals surface area contributed by atoms with Crippen molar-refractivity contribution >= 4 is 22.2 Å². The van der Waals surface area contributed by atoms with Crippen LogP contribution in [0.4, 0.5) is 0 Å². The zero-order valence-electron chi connectivity index (χ0n) is 21.0. The Morgan fingerprint density at radius 2 is 1.77 bits per heavy atom. The summed E-state index contributed by atoms with van der Waals surface area (Å²) in [6, 6.07) is 25.2. The van der Waals surface area contributed by atoms with E-state index in [2.05, 4.69) is 20.6 Å². The number of fused-ring (bicyclic) bond motifs is 1. The third-order valence-corrected chi connectivity index (χ3v) is 6.91. The Hall–Kier alpha value is -4.96. The number of rotatable bonds is 9. The molecule has 6 aromatic rings. The van der Waals surface area contributed by atoms with Gasteiger partial charge in [0.2, 0.25) is 0 Å². The third-order valence-electron chi connectivity index (χ3n) is 6.07. The molecule has 0 saturated carbocycles. The van der Waals surface area contributed by atoms with Gasteiger partial charge in [0, 0.05) is 17.1 Å². The first-order valence-electron chi connectivity index (χ1n) is 12.2. The van der Waals surface area contributed by atoms with Gasteiger partial charge in [-0.1, -0.05) is 35.5 Å². The standard InChI is InChI=1S/C29H24N6O3S/c1-37-23-12-10-21(11-13-23)26-18-35-27(19-39-29(35)31-26)28(36)30-15-22-17-34(33-32-22)16-20-6-5-9-25(14-20)38-24-7-3-2-4-8-24/h2-14,17-19H,15-16H2,1H3,(H,30,36). The predicted octanol–water partition coefficient (Wildman–Crippen LogP) is 5.43. The second-order valence-electron chi connectivity index (χ2n) is 8.78. The molecule has 9 nitrogen and oxygen atoms in total. The topological polar surface area (TPSA) is 95.6 Å². The highest BCUT2D eigenvalue weighted by Gasteiger charge is 2.16. The van der Waals surface area contributed by atoms with E-state index in [1.165, 1.54) is 11.3 Å². The molecule has 39 heavy (non-hydrogen) atoms. The number of amides is 1. The summed E-state index contributed by atoms with van der Waals surface area (Å²) in [7, 11) is 1.63. The maximum atomic E-state index is 13.0. The van der Waals surface area contributed by atoms with Crippen LogP contribution < -0.4 is 14.8 Å². The first-order valence-corrected chi connectivity index (χ1v) is 13.1. The molecule has 0 aliphatic heterocycles. The number of ether oxygens (including phenoxy) is 2. The van der Waals surface area contributed by atoms with Gasteiger partial charge in [0.15, 0.2) is 4.96 Å². The number of hydrogen-bond donors (Lipinski definition) is 1. The number of hydrogen-bond acceptors (Lipinski definition) is 7. The van der Waals surface area contributed by atoms with Crippen LogP contribution in [0.3, 0.4) is 0 Å². The van der Waals surface area contributed by atoms with Crippen molar-refractivity contribution in [2.24, 2.45) is 0 Å². The molecule has 0 atom stereocenters. The third kappa shape index (κ3) is 5.51. The van der Waals surface area contributed by atoms with Crippen LogP contribution >= 0.6 is 11.3 Å². The van der Waals surface area contributed by atoms with Crippen molar-refractivity contribution in [3.63, 3.8) is 0 Å². The van der Waals surface area contributed by atoms with E-state index in [9.17, 15) is 4.79 Å². The molecule has 3 aromatic heterocycles. The average Bonchev–Trinajstić information content (AvgIpc) is 3.69. The smallest absolute Gasteiger partial charge is 0.269 e. The van der Waals surface area contributed by atoms with Crippen molar-refractivity contribution in [3.8, 4) is 28.5 Å². The maximum absolute atomic E-state index is 13.0. The molecule has 0 fully saturated rings. The highest BCUT2D eigenvalue weighted by atomic mass is 32.1. The van der Waals surface area contributed by atoms with Crippen LogP contribution in [0.25, 0.3) is 16.2 Å². The lowest BCUT2D eigenvalue weighted by molar-refractivity contribution is 0.0945. The lowest BCUT2D eigenvalue weighted by Gasteiger charge is -2.07. The van der Waals surface area contributed by atoms with E-state index in [4.69, 9.17) is 9.47 Å². The van der Waals surface area contributed by atoms with Crippen molar-refractivity contribution in [3.05, 3.63) is 114 Å². The summed E-state index contributed by atoms with van der Waals surface area (Å²) in [5.74, 6) is 2.11. The van der Waals surface area contributed by atoms with E-state index in [1.807, 2.05) is 91.3 Å². The molecular formula is C29H24N6O3S. The first kappa shape index (κ1) is 24.4. The summed E-state index contributed by atoms with van der Waals surface area (Å²) in [4.78, 5) is 18.4. The highest BCUT2D eigenvalue weighted by Crippen LogP contribution is 2.26. The number of carbonyl (C=O) groups excluding carboxylic acids is 1. The molecule has 10 heteroatoms. The van der Waals surface area contributed by atoms with Crippen molar-refractivity contribution in [1.29, 1.82) is 0 Å². The summed E-state index contributed by atoms with van der Waals surface area (Å²) >= 11 is 1.42. The Labute approximate surface area is 228 Å². The van der Waals surface area contributed by atoms with Crippen LogP contribution in [-0.4, -0.2) is 37.4 Å². The molecule has 0 aliphatic carbocycles. The van der Waals surface area contributed by atoms with Gasteiger partial charge in [0.1, 0.15) is 28.6 Å². The van der Waals surface area contributed by atoms with E-state index in [-0.39, 0.29) is 12.5 Å². The van der Waals surface area contributed by atoms with Crippen LogP contribution in [0.1, 0.15) is 21.7 Å². The van der Waals surface area contributed by atoms with Crippen LogP contribution in [0.2, 0.25) is 0 Å². The van der Waals surface area contributed by atoms with Gasteiger partial charge in [-0.2, -0.15) is 0 Å². The zero-order valence-corrected chi connectivity index (χ0v) is 21.8. The zero-order chi connectivity index (χ0) is 26.6. The van der Waals surface area contributed by atoms with Crippen molar-refractivity contribution < 1.29 is 14.3 Å². The average molecular weight is 537 g/mol. The van der Waals surface area contributed by atoms with Crippen LogP contribution in [0, 0.1) is 0 Å². The van der Waals surface area contributed by atoms with Gasteiger partial charge >= 0.3 is 0 Å². The molecule has 0 bridgehead atoms. The van der Waals surface area contributed by atoms with Crippen LogP contribution in [-0.2, 0) is 13.1 Å². The summed E-state index contributed by atoms with van der Waals surface area (Å²) in [5, 5.41) is 13.2. The molecule has 1 amide bonds. The number of aromatic nitrogens is 5. The molecule has 0 saturated heterocycles. The fraction of sp³-hybridized carbons (Fsp3) is 0.103. The van der Waals surface area contributed by atoms with E-state index < -0.39 is 0 Å². The highest BCUT2D eigenvalue weighted by molar-refractivity contribution is 7.15. The number of methoxy groups -OCH3 is 1. The largest absolute Gasteiger partial charge is 0.497 e. The summed E-state index contributed by atoms with van der Waals surface area (Å²) in [6.07, 6.45) is 3.70. The lowest BCUT2D eigenvalue weighted by atomic mass is 10.2. The number of thiazole rings is 1. The second-order valence-corrected chi connectivity index (χ2v) is 9.62. The van der Waals surface area contributed by atoms with Gasteiger partial charge in [-0.25, -0.2) is 9.67 Å². The van der Waals surface area contributed by atoms with E-state index in [0.717, 1.165) is 39.0 Å². The predicted molar refractivity (Wildman–Crippen MR) is 148 cm³/mol. The van der Waals surface area contributed by atoms with Crippen molar-refractivity contribution in [1.82, 2.24) is 29.7 Å². The Morgan fingerprint density at radius 1 is 0.949 bits per heavy atom. The minimum atomic E-state index is -0.208. The molecule has 1 N–H and O–H groups in total. The molecule has 194 valence electrons. The number of benzene rings is 3. The van der Waals surface area contributed by atoms with Crippen molar-refractivity contribution in [2.45, 2.75) is 13.1 Å². The number of nitrogens with one attached hydrogen (secondary N) is 1. The summed E-state index contributed by atoms with van der Waals surface area (Å²) < 4.78 is 14.7. The Balaban J connectivity index is 1.08. The lowest BCUT2D eigenvalue weighted by Crippen LogP contribution is -2.24. The van der Waals surface area contributed by atoms with Crippen LogP contribution in [0.5, 0.6) is 17.2 Å². The normalized spacial score (nSPS) is 11.0. The number of nitrogens with zero attached hydrogens (tertiary/aromatic N) is 5. The monoisotopic (exact) mass is 536 g/mol. The fourth-order valence-corrected chi connectivity index (χ4v) is 4.98. The Bertz CT molecular complexity index is 1720. The number of carbonyl (C=O) groups is 1. The van der Waals surface area contributed by atoms with Gasteiger partial charge in [-0.05, 0) is 54.1 Å². The molecular weight excluding hydrogens is 512 g/mol. The SMILES string of the molecule is COc1ccc(-c2cn3c(C(=O)NCc4cn(Cc5cccc(Oc6ccccc6)c5)nn4)csc3n2)cc1. The van der Waals surface area contributed by atoms with Crippen molar-refractivity contribution in [2.75, 3.05) is 7.11 Å². The summed E-state index contributed by atoms with van der Waals surface area (Å²) in [5.41, 5.74) is 3.95. The van der Waals surface area contributed by atoms with Crippen LogP contribution in [0.15, 0.2) is 96.6 Å². The Kier molecular flexibility index (Phi) is 6.75. The second kappa shape index (κ2) is 10.8. The van der Waals surface area contributed by atoms with E-state index >= 15 is 0 Å². The Morgan fingerprint density at radius 3 is 2.59 bits per heavy atom. The van der Waals surface area contributed by atoms with Gasteiger partial charge < -0.3 is 14.8 Å². The van der Waals surface area contributed by atoms with Gasteiger partial charge in [0.05, 0.1) is 32.1 Å². The summed E-state index contributed by atoms with van der Waals surface area (Å²) in [6.45, 7) is 0.786. The molecule has 0 unspecified atom stereocenters. The molecule has 3 heterocycles.